The number of hydrogen-bond acceptors (Lipinski definition) is 11. The number of fused-ring (bicyclic) bond motifs is 1. The summed E-state index contributed by atoms with van der Waals surface area (Å²) < 4.78 is 21.3. The van der Waals surface area contributed by atoms with E-state index >= 15 is 0 Å². The van der Waals surface area contributed by atoms with Crippen LogP contribution in [0.15, 0.2) is 11.1 Å². The van der Waals surface area contributed by atoms with Gasteiger partial charge in [0.25, 0.3) is 0 Å². The van der Waals surface area contributed by atoms with Gasteiger partial charge in [0, 0.05) is 19.3 Å². The topological polar surface area (TPSA) is 172 Å². The van der Waals surface area contributed by atoms with Gasteiger partial charge in [0.15, 0.2) is 6.29 Å². The summed E-state index contributed by atoms with van der Waals surface area (Å²) in [7, 11) is 0. The van der Waals surface area contributed by atoms with Gasteiger partial charge in [0.05, 0.1) is 25.7 Å². The minimum atomic E-state index is -1.58. The molecule has 0 spiro atoms. The third-order valence-electron chi connectivity index (χ3n) is 5.61. The summed E-state index contributed by atoms with van der Waals surface area (Å²) in [6.45, 7) is 0.0469. The lowest BCUT2D eigenvalue weighted by Gasteiger charge is -2.39. The molecule has 0 bridgehead atoms. The Bertz CT molecular complexity index is 660. The van der Waals surface area contributed by atoms with E-state index < -0.39 is 73.8 Å². The van der Waals surface area contributed by atoms with Gasteiger partial charge in [-0.2, -0.15) is 0 Å². The highest BCUT2D eigenvalue weighted by Crippen LogP contribution is 2.44. The third-order valence-corrected chi connectivity index (χ3v) is 5.61. The second-order valence-corrected chi connectivity index (χ2v) is 7.41. The van der Waals surface area contributed by atoms with Gasteiger partial charge >= 0.3 is 11.9 Å². The molecule has 8 atom stereocenters. The molecular formula is C18H26O11. The molecule has 2 heterocycles. The first-order valence-electron chi connectivity index (χ1n) is 9.36. The zero-order valence-corrected chi connectivity index (χ0v) is 15.8. The minimum Gasteiger partial charge on any atom is -0.461 e. The summed E-state index contributed by atoms with van der Waals surface area (Å²) >= 11 is 0. The van der Waals surface area contributed by atoms with Gasteiger partial charge in [-0.3, -0.25) is 9.59 Å². The van der Waals surface area contributed by atoms with Crippen LogP contribution < -0.4 is 0 Å². The Morgan fingerprint density at radius 1 is 1.10 bits per heavy atom. The first-order valence-corrected chi connectivity index (χ1v) is 9.36. The molecule has 2 saturated heterocycles. The van der Waals surface area contributed by atoms with E-state index in [1.807, 2.05) is 0 Å². The lowest BCUT2D eigenvalue weighted by molar-refractivity contribution is -0.299. The maximum atomic E-state index is 12.0. The summed E-state index contributed by atoms with van der Waals surface area (Å²) in [5, 5.41) is 48.7. The molecule has 0 aromatic carbocycles. The van der Waals surface area contributed by atoms with Gasteiger partial charge in [0.1, 0.15) is 37.1 Å². The van der Waals surface area contributed by atoms with Crippen LogP contribution in [0.2, 0.25) is 0 Å². The average Bonchev–Trinajstić information content (AvgIpc) is 3.17. The smallest absolute Gasteiger partial charge is 0.312 e. The molecule has 29 heavy (non-hydrogen) atoms. The van der Waals surface area contributed by atoms with Crippen molar-refractivity contribution >= 4 is 11.9 Å². The lowest BCUT2D eigenvalue weighted by Crippen LogP contribution is -2.59. The molecule has 3 rings (SSSR count). The summed E-state index contributed by atoms with van der Waals surface area (Å²) in [5.41, 5.74) is 1.25. The van der Waals surface area contributed by atoms with E-state index in [9.17, 15) is 35.1 Å². The van der Waals surface area contributed by atoms with Crippen molar-refractivity contribution in [2.45, 2.75) is 50.2 Å². The zero-order valence-electron chi connectivity index (χ0n) is 15.8. The molecule has 0 aromatic rings. The molecule has 0 radical (unpaired) electrons. The first-order chi connectivity index (χ1) is 13.8. The molecule has 11 heteroatoms. The zero-order chi connectivity index (χ0) is 21.3. The van der Waals surface area contributed by atoms with Crippen LogP contribution in [-0.2, 0) is 28.5 Å². The molecule has 0 amide bonds. The Hall–Kier alpha value is -1.60. The number of carbonyl (C=O) groups excluding carboxylic acids is 2. The van der Waals surface area contributed by atoms with Gasteiger partial charge in [-0.1, -0.05) is 0 Å². The number of aliphatic hydroxyl groups is 5. The molecule has 0 saturated carbocycles. The highest BCUT2D eigenvalue weighted by molar-refractivity contribution is 5.77. The Morgan fingerprint density at radius 2 is 1.83 bits per heavy atom. The van der Waals surface area contributed by atoms with E-state index in [-0.39, 0.29) is 13.2 Å². The molecular weight excluding hydrogens is 392 g/mol. The normalized spacial score (nSPS) is 39.4. The van der Waals surface area contributed by atoms with Crippen molar-refractivity contribution in [2.75, 3.05) is 26.4 Å². The van der Waals surface area contributed by atoms with Crippen LogP contribution >= 0.6 is 0 Å². The number of rotatable bonds is 7. The Morgan fingerprint density at radius 3 is 2.45 bits per heavy atom. The molecule has 5 N–H and O–H groups in total. The van der Waals surface area contributed by atoms with E-state index in [2.05, 4.69) is 0 Å². The number of hydrogen-bond donors (Lipinski definition) is 5. The van der Waals surface area contributed by atoms with Crippen LogP contribution in [0.4, 0.5) is 0 Å². The summed E-state index contributed by atoms with van der Waals surface area (Å²) in [5.74, 6) is -2.29. The predicted octanol–water partition coefficient (Wildman–Crippen LogP) is -2.78. The number of aliphatic hydroxyl groups excluding tert-OH is 5. The standard InChI is InChI=1S/C18H26O11/c1-7(21)26-5-8-2-11-13(9(3-19)17(25)28-11)10(8)6-27-18-16(24)15(23)14(22)12(4-20)29-18/h9,11-16,18-20,22-24H,2-6H2,1H3/t9-,11-,12+,13+,14+,15-,16+,18+/m0/s1. The molecule has 0 aromatic heterocycles. The van der Waals surface area contributed by atoms with Crippen molar-refractivity contribution in [3.05, 3.63) is 11.1 Å². The van der Waals surface area contributed by atoms with Crippen molar-refractivity contribution in [1.29, 1.82) is 0 Å². The minimum absolute atomic E-state index is 0.0363. The molecule has 0 unspecified atom stereocenters. The fourth-order valence-corrected chi connectivity index (χ4v) is 4.06. The third kappa shape index (κ3) is 4.31. The lowest BCUT2D eigenvalue weighted by atomic mass is 9.88. The van der Waals surface area contributed by atoms with Crippen LogP contribution in [0.5, 0.6) is 0 Å². The van der Waals surface area contributed by atoms with Crippen molar-refractivity contribution < 1.29 is 54.1 Å². The molecule has 164 valence electrons. The number of esters is 2. The van der Waals surface area contributed by atoms with Gasteiger partial charge < -0.3 is 44.5 Å². The highest BCUT2D eigenvalue weighted by atomic mass is 16.7. The average molecular weight is 418 g/mol. The molecule has 2 aliphatic heterocycles. The molecule has 11 nitrogen and oxygen atoms in total. The van der Waals surface area contributed by atoms with E-state index in [1.165, 1.54) is 6.92 Å². The van der Waals surface area contributed by atoms with E-state index in [0.717, 1.165) is 0 Å². The SMILES string of the molecule is CC(=O)OCC1=C(CO[C@@H]2O[C@H](CO)[C@@H](O)[C@H](O)[C@H]2O)[C@@H]2[C@H](C1)OC(=O)[C@H]2CO. The molecule has 1 aliphatic carbocycles. The summed E-state index contributed by atoms with van der Waals surface area (Å²) in [6.07, 6.45) is -7.34. The van der Waals surface area contributed by atoms with Crippen molar-refractivity contribution in [1.82, 2.24) is 0 Å². The Kier molecular flexibility index (Phi) is 6.89. The molecule has 2 fully saturated rings. The van der Waals surface area contributed by atoms with Crippen molar-refractivity contribution in [2.24, 2.45) is 11.8 Å². The van der Waals surface area contributed by atoms with E-state index in [1.54, 1.807) is 0 Å². The van der Waals surface area contributed by atoms with Crippen LogP contribution in [0.25, 0.3) is 0 Å². The fraction of sp³-hybridized carbons (Fsp3) is 0.778. The second-order valence-electron chi connectivity index (χ2n) is 7.41. The largest absolute Gasteiger partial charge is 0.461 e. The fourth-order valence-electron chi connectivity index (χ4n) is 4.06. The van der Waals surface area contributed by atoms with Gasteiger partial charge in [-0.05, 0) is 11.1 Å². The van der Waals surface area contributed by atoms with Crippen LogP contribution in [0, 0.1) is 11.8 Å². The van der Waals surface area contributed by atoms with E-state index in [4.69, 9.17) is 18.9 Å². The van der Waals surface area contributed by atoms with Gasteiger partial charge in [-0.25, -0.2) is 0 Å². The van der Waals surface area contributed by atoms with Gasteiger partial charge in [-0.15, -0.1) is 0 Å². The Labute approximate surface area is 166 Å². The van der Waals surface area contributed by atoms with Crippen LogP contribution in [0.1, 0.15) is 13.3 Å². The molecule has 3 aliphatic rings. The highest BCUT2D eigenvalue weighted by Gasteiger charge is 2.51. The van der Waals surface area contributed by atoms with Gasteiger partial charge in [0.2, 0.25) is 0 Å². The monoisotopic (exact) mass is 418 g/mol. The Balaban J connectivity index is 1.76. The summed E-state index contributed by atoms with van der Waals surface area (Å²) in [6, 6.07) is 0. The maximum absolute atomic E-state index is 12.0. The predicted molar refractivity (Wildman–Crippen MR) is 91.9 cm³/mol. The maximum Gasteiger partial charge on any atom is 0.312 e. The summed E-state index contributed by atoms with van der Waals surface area (Å²) in [4.78, 5) is 23.2. The number of carbonyl (C=O) groups is 2. The van der Waals surface area contributed by atoms with E-state index in [0.29, 0.717) is 17.6 Å². The van der Waals surface area contributed by atoms with Crippen molar-refractivity contribution in [3.63, 3.8) is 0 Å². The second kappa shape index (κ2) is 9.04. The first kappa shape index (κ1) is 22.1. The van der Waals surface area contributed by atoms with Crippen LogP contribution in [0.3, 0.4) is 0 Å². The van der Waals surface area contributed by atoms with Crippen LogP contribution in [-0.4, -0.2) is 101 Å². The quantitative estimate of drug-likeness (QED) is 0.214. The number of ether oxygens (including phenoxy) is 4. The van der Waals surface area contributed by atoms with Crippen molar-refractivity contribution in [3.8, 4) is 0 Å².